The first-order chi connectivity index (χ1) is 10.1. The first kappa shape index (κ1) is 16.8. The van der Waals surface area contributed by atoms with Crippen molar-refractivity contribution in [1.29, 1.82) is 0 Å². The van der Waals surface area contributed by atoms with Crippen molar-refractivity contribution in [3.63, 3.8) is 0 Å². The van der Waals surface area contributed by atoms with Crippen molar-refractivity contribution in [1.82, 2.24) is 10.6 Å². The molecule has 6 heteroatoms. The van der Waals surface area contributed by atoms with Crippen LogP contribution in [0.3, 0.4) is 0 Å². The van der Waals surface area contributed by atoms with Gasteiger partial charge in [0.1, 0.15) is 5.75 Å². The summed E-state index contributed by atoms with van der Waals surface area (Å²) in [4.78, 5) is 23.4. The van der Waals surface area contributed by atoms with E-state index in [0.717, 1.165) is 12.8 Å². The largest absolute Gasteiger partial charge is 0.482 e. The highest BCUT2D eigenvalue weighted by molar-refractivity contribution is 5.95. The third kappa shape index (κ3) is 5.72. The third-order valence-electron chi connectivity index (χ3n) is 2.74. The first-order valence-corrected chi connectivity index (χ1v) is 7.15. The highest BCUT2D eigenvalue weighted by Crippen LogP contribution is 2.22. The molecule has 0 spiro atoms. The fraction of sp³-hybridized carbons (Fsp3) is 0.467. The number of carbonyl (C=O) groups is 2. The Labute approximate surface area is 125 Å². The maximum absolute atomic E-state index is 11.9. The van der Waals surface area contributed by atoms with E-state index >= 15 is 0 Å². The van der Waals surface area contributed by atoms with E-state index in [2.05, 4.69) is 10.6 Å². The van der Waals surface area contributed by atoms with Crippen LogP contribution in [0, 0.1) is 0 Å². The third-order valence-corrected chi connectivity index (χ3v) is 2.74. The van der Waals surface area contributed by atoms with Gasteiger partial charge in [0, 0.05) is 18.7 Å². The van der Waals surface area contributed by atoms with Gasteiger partial charge in [0.2, 0.25) is 0 Å². The zero-order valence-corrected chi connectivity index (χ0v) is 12.6. The van der Waals surface area contributed by atoms with Crippen molar-refractivity contribution in [2.45, 2.75) is 26.7 Å². The van der Waals surface area contributed by atoms with Gasteiger partial charge in [0.15, 0.2) is 6.61 Å². The molecule has 0 atom stereocenters. The van der Waals surface area contributed by atoms with Gasteiger partial charge < -0.3 is 21.1 Å². The number of amides is 2. The number of hydrogen-bond donors (Lipinski definition) is 3. The van der Waals surface area contributed by atoms with Crippen molar-refractivity contribution < 1.29 is 14.3 Å². The Balaban J connectivity index is 2.65. The van der Waals surface area contributed by atoms with E-state index in [1.165, 1.54) is 0 Å². The number of anilines is 1. The highest BCUT2D eigenvalue weighted by Gasteiger charge is 2.10. The summed E-state index contributed by atoms with van der Waals surface area (Å²) in [6.45, 7) is 5.05. The predicted molar refractivity (Wildman–Crippen MR) is 82.3 cm³/mol. The molecule has 4 N–H and O–H groups in total. The average Bonchev–Trinajstić information content (AvgIpc) is 2.49. The van der Waals surface area contributed by atoms with Crippen LogP contribution in [0.4, 0.5) is 5.69 Å². The zero-order valence-electron chi connectivity index (χ0n) is 12.6. The molecule has 0 aliphatic heterocycles. The standard InChI is InChI=1S/C15H23N3O3/c1-3-7-17-14(19)10-21-13-9-11(5-6-12(13)16)15(20)18-8-4-2/h5-6,9H,3-4,7-8,10,16H2,1-2H3,(H,17,19)(H,18,20). The Morgan fingerprint density at radius 2 is 1.81 bits per heavy atom. The molecule has 6 nitrogen and oxygen atoms in total. The lowest BCUT2D eigenvalue weighted by atomic mass is 10.1. The number of hydrogen-bond acceptors (Lipinski definition) is 4. The number of rotatable bonds is 8. The summed E-state index contributed by atoms with van der Waals surface area (Å²) in [6, 6.07) is 4.78. The lowest BCUT2D eigenvalue weighted by Gasteiger charge is -2.11. The maximum Gasteiger partial charge on any atom is 0.257 e. The minimum absolute atomic E-state index is 0.121. The van der Waals surface area contributed by atoms with Crippen LogP contribution in [-0.2, 0) is 4.79 Å². The van der Waals surface area contributed by atoms with Crippen molar-refractivity contribution >= 4 is 17.5 Å². The molecule has 1 aromatic carbocycles. The van der Waals surface area contributed by atoms with Gasteiger partial charge in [-0.05, 0) is 31.0 Å². The molecule has 0 aromatic heterocycles. The van der Waals surface area contributed by atoms with Crippen molar-refractivity contribution in [3.8, 4) is 5.75 Å². The van der Waals surface area contributed by atoms with E-state index in [4.69, 9.17) is 10.5 Å². The quantitative estimate of drug-likeness (QED) is 0.630. The molecule has 0 bridgehead atoms. The second kappa shape index (κ2) is 8.84. The van der Waals surface area contributed by atoms with E-state index in [1.807, 2.05) is 13.8 Å². The summed E-state index contributed by atoms with van der Waals surface area (Å²) >= 11 is 0. The molecule has 1 rings (SSSR count). The molecule has 0 radical (unpaired) electrons. The van der Waals surface area contributed by atoms with Gasteiger partial charge in [-0.2, -0.15) is 0 Å². The molecule has 2 amide bonds. The maximum atomic E-state index is 11.9. The van der Waals surface area contributed by atoms with Gasteiger partial charge in [-0.1, -0.05) is 13.8 Å². The predicted octanol–water partition coefficient (Wildman–Crippen LogP) is 1.31. The minimum Gasteiger partial charge on any atom is -0.482 e. The van der Waals surface area contributed by atoms with Crippen LogP contribution < -0.4 is 21.1 Å². The topological polar surface area (TPSA) is 93.4 Å². The Bertz CT molecular complexity index is 489. The number of carbonyl (C=O) groups excluding carboxylic acids is 2. The van der Waals surface area contributed by atoms with E-state index in [9.17, 15) is 9.59 Å². The van der Waals surface area contributed by atoms with E-state index in [1.54, 1.807) is 18.2 Å². The second-order valence-corrected chi connectivity index (χ2v) is 4.65. The molecular weight excluding hydrogens is 270 g/mol. The highest BCUT2D eigenvalue weighted by atomic mass is 16.5. The van der Waals surface area contributed by atoms with E-state index < -0.39 is 0 Å². The Kier molecular flexibility index (Phi) is 7.08. The van der Waals surface area contributed by atoms with E-state index in [0.29, 0.717) is 30.1 Å². The van der Waals surface area contributed by atoms with Crippen LogP contribution >= 0.6 is 0 Å². The number of ether oxygens (including phenoxy) is 1. The Hall–Kier alpha value is -2.24. The lowest BCUT2D eigenvalue weighted by Crippen LogP contribution is -2.29. The van der Waals surface area contributed by atoms with Crippen LogP contribution in [0.1, 0.15) is 37.0 Å². The molecule has 0 unspecified atom stereocenters. The molecule has 0 fully saturated rings. The Morgan fingerprint density at radius 1 is 1.14 bits per heavy atom. The summed E-state index contributed by atoms with van der Waals surface area (Å²) in [5.41, 5.74) is 6.64. The second-order valence-electron chi connectivity index (χ2n) is 4.65. The van der Waals surface area contributed by atoms with E-state index in [-0.39, 0.29) is 18.4 Å². The summed E-state index contributed by atoms with van der Waals surface area (Å²) in [7, 11) is 0. The molecule has 0 aliphatic carbocycles. The molecule has 0 heterocycles. The summed E-state index contributed by atoms with van der Waals surface area (Å²) in [5.74, 6) is -0.0555. The fourth-order valence-electron chi connectivity index (χ4n) is 1.60. The summed E-state index contributed by atoms with van der Waals surface area (Å²) in [5, 5.41) is 5.48. The molecule has 0 saturated carbocycles. The van der Waals surface area contributed by atoms with Crippen LogP contribution in [0.5, 0.6) is 5.75 Å². The van der Waals surface area contributed by atoms with Gasteiger partial charge in [0.25, 0.3) is 11.8 Å². The van der Waals surface area contributed by atoms with Gasteiger partial charge in [-0.25, -0.2) is 0 Å². The smallest absolute Gasteiger partial charge is 0.257 e. The number of nitrogen functional groups attached to an aromatic ring is 1. The lowest BCUT2D eigenvalue weighted by molar-refractivity contribution is -0.123. The average molecular weight is 293 g/mol. The summed E-state index contributed by atoms with van der Waals surface area (Å²) < 4.78 is 5.37. The van der Waals surface area contributed by atoms with Crippen molar-refractivity contribution in [2.24, 2.45) is 0 Å². The SMILES string of the molecule is CCCNC(=O)COc1cc(C(=O)NCCC)ccc1N. The molecule has 1 aromatic rings. The molecule has 0 saturated heterocycles. The van der Waals surface area contributed by atoms with Crippen LogP contribution in [-0.4, -0.2) is 31.5 Å². The number of benzene rings is 1. The zero-order chi connectivity index (χ0) is 15.7. The number of nitrogens with one attached hydrogen (secondary N) is 2. The van der Waals surface area contributed by atoms with Gasteiger partial charge in [-0.3, -0.25) is 9.59 Å². The van der Waals surface area contributed by atoms with Gasteiger partial charge in [-0.15, -0.1) is 0 Å². The Morgan fingerprint density at radius 3 is 2.48 bits per heavy atom. The van der Waals surface area contributed by atoms with Gasteiger partial charge >= 0.3 is 0 Å². The normalized spacial score (nSPS) is 10.0. The van der Waals surface area contributed by atoms with Gasteiger partial charge in [0.05, 0.1) is 5.69 Å². The van der Waals surface area contributed by atoms with Crippen molar-refractivity contribution in [2.75, 3.05) is 25.4 Å². The monoisotopic (exact) mass is 293 g/mol. The first-order valence-electron chi connectivity index (χ1n) is 7.15. The van der Waals surface area contributed by atoms with Crippen LogP contribution in [0.15, 0.2) is 18.2 Å². The fourth-order valence-corrected chi connectivity index (χ4v) is 1.60. The van der Waals surface area contributed by atoms with Crippen LogP contribution in [0.25, 0.3) is 0 Å². The molecular formula is C15H23N3O3. The molecule has 21 heavy (non-hydrogen) atoms. The molecule has 0 aliphatic rings. The molecule has 116 valence electrons. The minimum atomic E-state index is -0.211. The summed E-state index contributed by atoms with van der Waals surface area (Å²) in [6.07, 6.45) is 1.72. The van der Waals surface area contributed by atoms with Crippen molar-refractivity contribution in [3.05, 3.63) is 23.8 Å². The van der Waals surface area contributed by atoms with Crippen LogP contribution in [0.2, 0.25) is 0 Å². The number of nitrogens with two attached hydrogens (primary N) is 1.